The van der Waals surface area contributed by atoms with E-state index < -0.39 is 0 Å². The molecular weight excluding hydrogens is 176 g/mol. The fourth-order valence-corrected chi connectivity index (χ4v) is 0.450. The van der Waals surface area contributed by atoms with Gasteiger partial charge in [0.15, 0.2) is 0 Å². The quantitative estimate of drug-likeness (QED) is 0.581. The predicted molar refractivity (Wildman–Crippen MR) is 46.6 cm³/mol. The van der Waals surface area contributed by atoms with Gasteiger partial charge in [0, 0.05) is 4.48 Å². The molecule has 0 radical (unpaired) electrons. The minimum absolute atomic E-state index is 1.06. The first-order valence-corrected chi connectivity index (χ1v) is 3.61. The van der Waals surface area contributed by atoms with Crippen LogP contribution in [0.1, 0.15) is 13.8 Å². The molecule has 9 heavy (non-hydrogen) atoms. The zero-order valence-electron chi connectivity index (χ0n) is 5.82. The van der Waals surface area contributed by atoms with E-state index in [0.717, 1.165) is 10.1 Å². The molecule has 0 aliphatic heterocycles. The Hall–Kier alpha value is -0.300. The van der Waals surface area contributed by atoms with Crippen LogP contribution >= 0.6 is 15.9 Å². The third kappa shape index (κ3) is 5.57. The molecule has 0 rings (SSSR count). The van der Waals surface area contributed by atoms with Gasteiger partial charge in [0.05, 0.1) is 0 Å². The van der Waals surface area contributed by atoms with Gasteiger partial charge in [-0.2, -0.15) is 0 Å². The number of allylic oxidation sites excluding steroid dienone is 5. The van der Waals surface area contributed by atoms with Crippen molar-refractivity contribution in [2.24, 2.45) is 0 Å². The lowest BCUT2D eigenvalue weighted by molar-refractivity contribution is 1.55. The molecule has 0 aromatic carbocycles. The van der Waals surface area contributed by atoms with E-state index in [0.29, 0.717) is 0 Å². The van der Waals surface area contributed by atoms with Gasteiger partial charge in [0.25, 0.3) is 0 Å². The molecule has 0 aromatic heterocycles. The van der Waals surface area contributed by atoms with E-state index in [4.69, 9.17) is 0 Å². The standard InChI is InChI=1S/C8H11Br/c1-4-8(9)6-5-7(2)3/h4-6H,2H2,1,3H3. The second-order valence-corrected chi connectivity index (χ2v) is 2.77. The van der Waals surface area contributed by atoms with Gasteiger partial charge < -0.3 is 0 Å². The third-order valence-corrected chi connectivity index (χ3v) is 1.53. The summed E-state index contributed by atoms with van der Waals surface area (Å²) in [7, 11) is 0. The van der Waals surface area contributed by atoms with E-state index in [1.165, 1.54) is 0 Å². The van der Waals surface area contributed by atoms with Gasteiger partial charge in [-0.15, -0.1) is 0 Å². The number of hydrogen-bond donors (Lipinski definition) is 0. The van der Waals surface area contributed by atoms with Gasteiger partial charge in [0.2, 0.25) is 0 Å². The Morgan fingerprint density at radius 2 is 2.00 bits per heavy atom. The van der Waals surface area contributed by atoms with Crippen LogP contribution in [0.4, 0.5) is 0 Å². The Morgan fingerprint density at radius 1 is 1.44 bits per heavy atom. The van der Waals surface area contributed by atoms with Crippen molar-refractivity contribution in [3.05, 3.63) is 34.9 Å². The summed E-state index contributed by atoms with van der Waals surface area (Å²) in [5, 5.41) is 0. The average molecular weight is 187 g/mol. The van der Waals surface area contributed by atoms with E-state index in [-0.39, 0.29) is 0 Å². The summed E-state index contributed by atoms with van der Waals surface area (Å²) in [6, 6.07) is 0. The first-order chi connectivity index (χ1) is 4.16. The summed E-state index contributed by atoms with van der Waals surface area (Å²) in [5.74, 6) is 0. The molecule has 0 unspecified atom stereocenters. The van der Waals surface area contributed by atoms with Crippen molar-refractivity contribution >= 4 is 15.9 Å². The molecule has 0 saturated carbocycles. The van der Waals surface area contributed by atoms with Gasteiger partial charge in [-0.3, -0.25) is 0 Å². The topological polar surface area (TPSA) is 0 Å². The zero-order valence-corrected chi connectivity index (χ0v) is 7.40. The normalized spacial score (nSPS) is 12.6. The third-order valence-electron chi connectivity index (χ3n) is 0.803. The Kier molecular flexibility index (Phi) is 4.41. The molecule has 0 heterocycles. The predicted octanol–water partition coefficient (Wildman–Crippen LogP) is 3.42. The lowest BCUT2D eigenvalue weighted by Crippen LogP contribution is -1.62. The SMILES string of the molecule is C=C(C)C=CC(Br)=CC. The molecule has 0 saturated heterocycles. The van der Waals surface area contributed by atoms with Crippen molar-refractivity contribution in [1.82, 2.24) is 0 Å². The maximum atomic E-state index is 3.73. The minimum atomic E-state index is 1.06. The second kappa shape index (κ2) is 4.57. The van der Waals surface area contributed by atoms with Crippen LogP contribution in [-0.4, -0.2) is 0 Å². The van der Waals surface area contributed by atoms with Crippen molar-refractivity contribution in [1.29, 1.82) is 0 Å². The fraction of sp³-hybridized carbons (Fsp3) is 0.250. The summed E-state index contributed by atoms with van der Waals surface area (Å²) in [6.07, 6.45) is 5.92. The summed E-state index contributed by atoms with van der Waals surface area (Å²) in [6.45, 7) is 7.67. The van der Waals surface area contributed by atoms with Crippen molar-refractivity contribution in [2.75, 3.05) is 0 Å². The molecule has 1 heteroatoms. The first kappa shape index (κ1) is 8.70. The fourth-order valence-electron chi connectivity index (χ4n) is 0.318. The Bertz CT molecular complexity index is 152. The van der Waals surface area contributed by atoms with E-state index in [2.05, 4.69) is 22.5 Å². The largest absolute Gasteiger partial charge is 0.0961 e. The molecule has 0 atom stereocenters. The molecule has 0 aliphatic rings. The van der Waals surface area contributed by atoms with Gasteiger partial charge >= 0.3 is 0 Å². The van der Waals surface area contributed by atoms with Crippen LogP contribution in [0.2, 0.25) is 0 Å². The van der Waals surface area contributed by atoms with Crippen molar-refractivity contribution in [3.63, 3.8) is 0 Å². The summed E-state index contributed by atoms with van der Waals surface area (Å²) < 4.78 is 1.09. The number of rotatable bonds is 2. The van der Waals surface area contributed by atoms with Crippen LogP contribution in [0, 0.1) is 0 Å². The monoisotopic (exact) mass is 186 g/mol. The van der Waals surface area contributed by atoms with Crippen LogP contribution in [-0.2, 0) is 0 Å². The Morgan fingerprint density at radius 3 is 2.33 bits per heavy atom. The summed E-state index contributed by atoms with van der Waals surface area (Å²) in [4.78, 5) is 0. The first-order valence-electron chi connectivity index (χ1n) is 2.82. The molecule has 0 aromatic rings. The zero-order chi connectivity index (χ0) is 7.28. The molecule has 0 nitrogen and oxygen atoms in total. The molecule has 50 valence electrons. The van der Waals surface area contributed by atoms with E-state index in [9.17, 15) is 0 Å². The van der Waals surface area contributed by atoms with Gasteiger partial charge in [-0.1, -0.05) is 40.2 Å². The maximum Gasteiger partial charge on any atom is 0.0132 e. The van der Waals surface area contributed by atoms with Crippen molar-refractivity contribution in [3.8, 4) is 0 Å². The van der Waals surface area contributed by atoms with E-state index in [1.807, 2.05) is 32.1 Å². The average Bonchev–Trinajstić information content (AvgIpc) is 1.83. The van der Waals surface area contributed by atoms with E-state index in [1.54, 1.807) is 0 Å². The Labute approximate surface area is 65.1 Å². The number of hydrogen-bond acceptors (Lipinski definition) is 0. The number of halogens is 1. The van der Waals surface area contributed by atoms with Crippen LogP contribution in [0.3, 0.4) is 0 Å². The van der Waals surface area contributed by atoms with Crippen LogP contribution < -0.4 is 0 Å². The highest BCUT2D eigenvalue weighted by molar-refractivity contribution is 9.11. The van der Waals surface area contributed by atoms with Crippen molar-refractivity contribution in [2.45, 2.75) is 13.8 Å². The maximum absolute atomic E-state index is 3.73. The Balaban J connectivity index is 3.86. The minimum Gasteiger partial charge on any atom is -0.0961 e. The van der Waals surface area contributed by atoms with Crippen LogP contribution in [0.15, 0.2) is 34.9 Å². The van der Waals surface area contributed by atoms with Gasteiger partial charge in [-0.25, -0.2) is 0 Å². The lowest BCUT2D eigenvalue weighted by Gasteiger charge is -1.85. The molecule has 0 amide bonds. The van der Waals surface area contributed by atoms with Crippen LogP contribution in [0.25, 0.3) is 0 Å². The summed E-state index contributed by atoms with van der Waals surface area (Å²) in [5.41, 5.74) is 1.06. The molecule has 0 fully saturated rings. The van der Waals surface area contributed by atoms with Crippen LogP contribution in [0.5, 0.6) is 0 Å². The molecule has 0 aliphatic carbocycles. The lowest BCUT2D eigenvalue weighted by atomic mass is 10.3. The highest BCUT2D eigenvalue weighted by Crippen LogP contribution is 2.06. The molecule has 0 spiro atoms. The van der Waals surface area contributed by atoms with Gasteiger partial charge in [-0.05, 0) is 19.9 Å². The second-order valence-electron chi connectivity index (χ2n) is 1.85. The summed E-state index contributed by atoms with van der Waals surface area (Å²) >= 11 is 3.34. The highest BCUT2D eigenvalue weighted by atomic mass is 79.9. The van der Waals surface area contributed by atoms with E-state index >= 15 is 0 Å². The highest BCUT2D eigenvalue weighted by Gasteiger charge is 1.77. The van der Waals surface area contributed by atoms with Gasteiger partial charge in [0.1, 0.15) is 0 Å². The smallest absolute Gasteiger partial charge is 0.0132 e. The molecular formula is C8H11Br. The molecule has 0 N–H and O–H groups in total. The van der Waals surface area contributed by atoms with Crippen molar-refractivity contribution < 1.29 is 0 Å². The molecule has 0 bridgehead atoms.